The number of furan rings is 1. The van der Waals surface area contributed by atoms with E-state index in [0.717, 1.165) is 34.6 Å². The smallest absolute Gasteiger partial charge is 0.134 e. The van der Waals surface area contributed by atoms with Gasteiger partial charge < -0.3 is 45.0 Å². The first-order valence-corrected chi connectivity index (χ1v) is 7.88. The second kappa shape index (κ2) is 11.9. The summed E-state index contributed by atoms with van der Waals surface area (Å²) in [5.74, 6) is 1.80. The fraction of sp³-hybridized carbons (Fsp3) is 0.375. The number of halogens is 3. The summed E-state index contributed by atoms with van der Waals surface area (Å²) in [6.07, 6.45) is -0.302. The molecular weight excluding hydrogens is 403 g/mol. The van der Waals surface area contributed by atoms with Gasteiger partial charge in [0, 0.05) is 29.7 Å². The largest absolute Gasteiger partial charge is 1.00 e. The van der Waals surface area contributed by atoms with Crippen molar-refractivity contribution in [3.8, 4) is 11.3 Å². The maximum absolute atomic E-state index is 9.11. The molecule has 0 aliphatic carbocycles. The van der Waals surface area contributed by atoms with Crippen LogP contribution in [0.15, 0.2) is 45.3 Å². The van der Waals surface area contributed by atoms with Gasteiger partial charge in [0.25, 0.3) is 0 Å². The second-order valence-electron chi connectivity index (χ2n) is 5.00. The molecular formula is C16H21BrCl2N2O2-2. The van der Waals surface area contributed by atoms with E-state index in [-0.39, 0.29) is 30.9 Å². The van der Waals surface area contributed by atoms with Gasteiger partial charge in [-0.1, -0.05) is 28.1 Å². The minimum absolute atomic E-state index is 0. The quantitative estimate of drug-likeness (QED) is 0.391. The van der Waals surface area contributed by atoms with E-state index in [4.69, 9.17) is 9.52 Å². The summed E-state index contributed by atoms with van der Waals surface area (Å²) in [5, 5.41) is 15.6. The Bertz CT molecular complexity index is 547. The lowest BCUT2D eigenvalue weighted by Gasteiger charge is -2.07. The number of hydrogen-bond donors (Lipinski definition) is 3. The SMILES string of the molecule is CC(O)CNCCNCc1ccc(-c2ccc(Br)cc2)o1.[Cl-].[Cl-]. The molecule has 1 heterocycles. The first-order chi connectivity index (χ1) is 10.1. The Kier molecular flexibility index (Phi) is 11.6. The summed E-state index contributed by atoms with van der Waals surface area (Å²) in [5.41, 5.74) is 1.07. The average molecular weight is 424 g/mol. The number of hydrogen-bond acceptors (Lipinski definition) is 4. The molecule has 0 bridgehead atoms. The molecule has 1 aromatic carbocycles. The van der Waals surface area contributed by atoms with E-state index in [2.05, 4.69) is 26.6 Å². The van der Waals surface area contributed by atoms with Crippen molar-refractivity contribution in [1.29, 1.82) is 0 Å². The summed E-state index contributed by atoms with van der Waals surface area (Å²) in [6.45, 7) is 4.75. The van der Waals surface area contributed by atoms with Gasteiger partial charge in [-0.05, 0) is 31.2 Å². The lowest BCUT2D eigenvalue weighted by atomic mass is 10.2. The Morgan fingerprint density at radius 3 is 2.35 bits per heavy atom. The van der Waals surface area contributed by atoms with Gasteiger partial charge in [0.15, 0.2) is 0 Å². The molecule has 0 saturated heterocycles. The highest BCUT2D eigenvalue weighted by atomic mass is 79.9. The van der Waals surface area contributed by atoms with Gasteiger partial charge in [-0.15, -0.1) is 0 Å². The van der Waals surface area contributed by atoms with Crippen molar-refractivity contribution in [1.82, 2.24) is 10.6 Å². The van der Waals surface area contributed by atoms with E-state index < -0.39 is 0 Å². The standard InChI is InChI=1S/C16H21BrN2O2.2ClH/c1-12(20)10-18-8-9-19-11-15-6-7-16(21-15)13-2-4-14(17)5-3-13;;/h2-7,12,18-20H,8-11H2,1H3;2*1H/p-2. The summed E-state index contributed by atoms with van der Waals surface area (Å²) in [6, 6.07) is 12.0. The summed E-state index contributed by atoms with van der Waals surface area (Å²) < 4.78 is 6.88. The summed E-state index contributed by atoms with van der Waals surface area (Å²) in [7, 11) is 0. The van der Waals surface area contributed by atoms with Gasteiger partial charge in [0.2, 0.25) is 0 Å². The molecule has 0 fully saturated rings. The zero-order valence-corrected chi connectivity index (χ0v) is 16.0. The van der Waals surface area contributed by atoms with E-state index in [9.17, 15) is 0 Å². The fourth-order valence-corrected chi connectivity index (χ4v) is 2.21. The van der Waals surface area contributed by atoms with E-state index in [1.165, 1.54) is 0 Å². The van der Waals surface area contributed by atoms with Crippen LogP contribution in [-0.4, -0.2) is 30.8 Å². The molecule has 4 nitrogen and oxygen atoms in total. The van der Waals surface area contributed by atoms with Gasteiger partial charge in [-0.2, -0.15) is 0 Å². The topological polar surface area (TPSA) is 57.4 Å². The van der Waals surface area contributed by atoms with Gasteiger partial charge in [-0.25, -0.2) is 0 Å². The third-order valence-electron chi connectivity index (χ3n) is 3.01. The van der Waals surface area contributed by atoms with Gasteiger partial charge in [0.05, 0.1) is 12.6 Å². The molecule has 2 rings (SSSR count). The maximum Gasteiger partial charge on any atom is 0.134 e. The van der Waals surface area contributed by atoms with Crippen molar-refractivity contribution in [2.75, 3.05) is 19.6 Å². The van der Waals surface area contributed by atoms with Crippen molar-refractivity contribution < 1.29 is 34.3 Å². The van der Waals surface area contributed by atoms with Gasteiger partial charge in [-0.3, -0.25) is 0 Å². The molecule has 1 atom stereocenters. The molecule has 1 unspecified atom stereocenters. The fourth-order valence-electron chi connectivity index (χ4n) is 1.94. The Morgan fingerprint density at radius 1 is 1.04 bits per heavy atom. The van der Waals surface area contributed by atoms with Crippen LogP contribution in [0.25, 0.3) is 11.3 Å². The number of rotatable bonds is 8. The lowest BCUT2D eigenvalue weighted by Crippen LogP contribution is -3.00. The molecule has 0 spiro atoms. The molecule has 2 aromatic rings. The Morgan fingerprint density at radius 2 is 1.70 bits per heavy atom. The zero-order chi connectivity index (χ0) is 15.1. The Hall–Kier alpha value is -0.560. The molecule has 130 valence electrons. The van der Waals surface area contributed by atoms with Crippen LogP contribution >= 0.6 is 15.9 Å². The molecule has 0 aliphatic rings. The number of benzene rings is 1. The van der Waals surface area contributed by atoms with E-state index in [1.54, 1.807) is 6.92 Å². The summed E-state index contributed by atoms with van der Waals surface area (Å²) >= 11 is 3.42. The number of aliphatic hydroxyl groups excluding tert-OH is 1. The van der Waals surface area contributed by atoms with Crippen LogP contribution in [0.2, 0.25) is 0 Å². The van der Waals surface area contributed by atoms with Crippen molar-refractivity contribution in [3.05, 3.63) is 46.6 Å². The normalized spacial score (nSPS) is 11.4. The zero-order valence-electron chi connectivity index (χ0n) is 12.9. The van der Waals surface area contributed by atoms with Crippen LogP contribution in [0.1, 0.15) is 12.7 Å². The van der Waals surface area contributed by atoms with Crippen molar-refractivity contribution in [3.63, 3.8) is 0 Å². The molecule has 1 aromatic heterocycles. The Labute approximate surface area is 158 Å². The number of nitrogens with one attached hydrogen (secondary N) is 2. The van der Waals surface area contributed by atoms with Crippen LogP contribution in [0.4, 0.5) is 0 Å². The maximum atomic E-state index is 9.11. The molecule has 0 aliphatic heterocycles. The molecule has 0 radical (unpaired) electrons. The molecule has 7 heteroatoms. The first-order valence-electron chi connectivity index (χ1n) is 7.09. The van der Waals surface area contributed by atoms with Crippen molar-refractivity contribution in [2.45, 2.75) is 19.6 Å². The van der Waals surface area contributed by atoms with Crippen LogP contribution in [0, 0.1) is 0 Å². The van der Waals surface area contributed by atoms with E-state index in [0.29, 0.717) is 13.1 Å². The second-order valence-corrected chi connectivity index (χ2v) is 5.92. The van der Waals surface area contributed by atoms with Crippen molar-refractivity contribution >= 4 is 15.9 Å². The highest BCUT2D eigenvalue weighted by Crippen LogP contribution is 2.23. The third-order valence-corrected chi connectivity index (χ3v) is 3.54. The van der Waals surface area contributed by atoms with E-state index in [1.807, 2.05) is 36.4 Å². The highest BCUT2D eigenvalue weighted by Gasteiger charge is 2.04. The molecule has 0 amide bonds. The van der Waals surface area contributed by atoms with Crippen LogP contribution in [0.3, 0.4) is 0 Å². The lowest BCUT2D eigenvalue weighted by molar-refractivity contribution is -0.00100. The predicted octanol–water partition coefficient (Wildman–Crippen LogP) is -3.22. The molecule has 3 N–H and O–H groups in total. The molecule has 23 heavy (non-hydrogen) atoms. The predicted molar refractivity (Wildman–Crippen MR) is 88.1 cm³/mol. The highest BCUT2D eigenvalue weighted by molar-refractivity contribution is 9.10. The van der Waals surface area contributed by atoms with Gasteiger partial charge in [0.1, 0.15) is 11.5 Å². The minimum Gasteiger partial charge on any atom is -1.00 e. The Balaban J connectivity index is 0.00000242. The van der Waals surface area contributed by atoms with E-state index >= 15 is 0 Å². The number of aliphatic hydroxyl groups is 1. The first kappa shape index (κ1) is 22.4. The van der Waals surface area contributed by atoms with Crippen LogP contribution in [-0.2, 0) is 6.54 Å². The minimum atomic E-state index is -0.302. The third kappa shape index (κ3) is 8.20. The summed E-state index contributed by atoms with van der Waals surface area (Å²) in [4.78, 5) is 0. The van der Waals surface area contributed by atoms with Crippen LogP contribution < -0.4 is 35.4 Å². The van der Waals surface area contributed by atoms with Crippen LogP contribution in [0.5, 0.6) is 0 Å². The molecule has 0 saturated carbocycles. The average Bonchev–Trinajstić information content (AvgIpc) is 2.92. The van der Waals surface area contributed by atoms with Gasteiger partial charge >= 0.3 is 0 Å². The monoisotopic (exact) mass is 422 g/mol. The van der Waals surface area contributed by atoms with Crippen molar-refractivity contribution in [2.24, 2.45) is 0 Å².